The Morgan fingerprint density at radius 1 is 1.22 bits per heavy atom. The lowest BCUT2D eigenvalue weighted by Crippen LogP contribution is -2.23. The zero-order valence-electron chi connectivity index (χ0n) is 12.1. The van der Waals surface area contributed by atoms with E-state index in [4.69, 9.17) is 4.98 Å². The summed E-state index contributed by atoms with van der Waals surface area (Å²) >= 11 is 0. The molecular weight excluding hydrogens is 224 g/mol. The molecule has 1 aliphatic rings. The first-order chi connectivity index (χ1) is 8.56. The molecule has 0 aliphatic carbocycles. The smallest absolute Gasteiger partial charge is 0.137 e. The largest absolute Gasteiger partial charge is 0.373 e. The van der Waals surface area contributed by atoms with Gasteiger partial charge in [0.1, 0.15) is 17.5 Å². The van der Waals surface area contributed by atoms with Crippen LogP contribution in [0.4, 0.5) is 11.6 Å². The van der Waals surface area contributed by atoms with Crippen LogP contribution >= 0.6 is 0 Å². The lowest BCUT2D eigenvalue weighted by atomic mass is 10.0. The second-order valence-corrected chi connectivity index (χ2v) is 5.40. The summed E-state index contributed by atoms with van der Waals surface area (Å²) in [4.78, 5) is 11.7. The first-order valence-electron chi connectivity index (χ1n) is 6.87. The lowest BCUT2D eigenvalue weighted by molar-refractivity contribution is 0.494. The van der Waals surface area contributed by atoms with E-state index in [1.807, 2.05) is 7.05 Å². The van der Waals surface area contributed by atoms with E-state index in [0.717, 1.165) is 54.4 Å². The minimum Gasteiger partial charge on any atom is -0.373 e. The summed E-state index contributed by atoms with van der Waals surface area (Å²) in [5.41, 5.74) is 1.16. The van der Waals surface area contributed by atoms with Gasteiger partial charge in [-0.2, -0.15) is 0 Å². The van der Waals surface area contributed by atoms with Crippen molar-refractivity contribution in [3.05, 3.63) is 11.4 Å². The molecule has 2 atom stereocenters. The van der Waals surface area contributed by atoms with E-state index in [1.165, 1.54) is 0 Å². The first-order valence-corrected chi connectivity index (χ1v) is 6.87. The predicted molar refractivity (Wildman–Crippen MR) is 76.2 cm³/mol. The molecule has 4 nitrogen and oxygen atoms in total. The van der Waals surface area contributed by atoms with E-state index in [1.54, 1.807) is 0 Å². The third-order valence-corrected chi connectivity index (χ3v) is 4.01. The minimum atomic E-state index is 0.738. The fraction of sp³-hybridized carbons (Fsp3) is 0.714. The van der Waals surface area contributed by atoms with Crippen molar-refractivity contribution in [1.29, 1.82) is 0 Å². The molecule has 0 aromatic carbocycles. The Bertz CT molecular complexity index is 420. The number of rotatable bonds is 3. The lowest BCUT2D eigenvalue weighted by Gasteiger charge is -2.21. The van der Waals surface area contributed by atoms with Crippen LogP contribution in [0, 0.1) is 18.8 Å². The van der Waals surface area contributed by atoms with Crippen LogP contribution in [0.1, 0.15) is 32.2 Å². The number of aromatic nitrogens is 2. The van der Waals surface area contributed by atoms with Crippen LogP contribution in [0.15, 0.2) is 0 Å². The molecular formula is C14H24N4. The molecule has 2 heterocycles. The first kappa shape index (κ1) is 13.1. The van der Waals surface area contributed by atoms with E-state index in [-0.39, 0.29) is 0 Å². The summed E-state index contributed by atoms with van der Waals surface area (Å²) < 4.78 is 0. The van der Waals surface area contributed by atoms with E-state index < -0.39 is 0 Å². The highest BCUT2D eigenvalue weighted by Gasteiger charge is 2.28. The number of aryl methyl sites for hydroxylation is 1. The number of nitrogens with zero attached hydrogens (tertiary/aromatic N) is 3. The van der Waals surface area contributed by atoms with Crippen molar-refractivity contribution >= 4 is 11.6 Å². The van der Waals surface area contributed by atoms with Crippen molar-refractivity contribution in [3.63, 3.8) is 0 Å². The Morgan fingerprint density at radius 2 is 1.83 bits per heavy atom. The number of anilines is 2. The van der Waals surface area contributed by atoms with Gasteiger partial charge in [-0.3, -0.25) is 0 Å². The van der Waals surface area contributed by atoms with Gasteiger partial charge in [0.15, 0.2) is 0 Å². The molecule has 0 amide bonds. The van der Waals surface area contributed by atoms with Crippen molar-refractivity contribution in [2.24, 2.45) is 11.8 Å². The van der Waals surface area contributed by atoms with Crippen molar-refractivity contribution in [2.75, 3.05) is 30.4 Å². The van der Waals surface area contributed by atoms with Crippen LogP contribution in [0.2, 0.25) is 0 Å². The Hall–Kier alpha value is -1.32. The Balaban J connectivity index is 2.37. The molecule has 18 heavy (non-hydrogen) atoms. The molecule has 2 unspecified atom stereocenters. The van der Waals surface area contributed by atoms with Crippen molar-refractivity contribution < 1.29 is 0 Å². The second-order valence-electron chi connectivity index (χ2n) is 5.40. The van der Waals surface area contributed by atoms with Crippen LogP contribution in [0.5, 0.6) is 0 Å². The van der Waals surface area contributed by atoms with Gasteiger partial charge in [0.25, 0.3) is 0 Å². The van der Waals surface area contributed by atoms with Gasteiger partial charge in [-0.25, -0.2) is 9.97 Å². The Morgan fingerprint density at radius 3 is 2.33 bits per heavy atom. The van der Waals surface area contributed by atoms with Gasteiger partial charge >= 0.3 is 0 Å². The van der Waals surface area contributed by atoms with Crippen molar-refractivity contribution in [1.82, 2.24) is 9.97 Å². The highest BCUT2D eigenvalue weighted by Crippen LogP contribution is 2.30. The number of hydrogen-bond acceptors (Lipinski definition) is 4. The van der Waals surface area contributed by atoms with Crippen LogP contribution in [-0.4, -0.2) is 30.1 Å². The van der Waals surface area contributed by atoms with Gasteiger partial charge in [-0.05, 0) is 18.8 Å². The molecule has 0 saturated carbocycles. The van der Waals surface area contributed by atoms with Crippen LogP contribution in [-0.2, 0) is 6.42 Å². The van der Waals surface area contributed by atoms with Crippen LogP contribution in [0.3, 0.4) is 0 Å². The van der Waals surface area contributed by atoms with Gasteiger partial charge in [0, 0.05) is 32.1 Å². The topological polar surface area (TPSA) is 41.1 Å². The molecule has 1 saturated heterocycles. The average Bonchev–Trinajstić information content (AvgIpc) is 2.69. The van der Waals surface area contributed by atoms with Gasteiger partial charge in [0.05, 0.1) is 0 Å². The summed E-state index contributed by atoms with van der Waals surface area (Å²) in [5, 5.41) is 3.18. The number of nitrogens with one attached hydrogen (secondary N) is 1. The third kappa shape index (κ3) is 2.28. The van der Waals surface area contributed by atoms with Crippen molar-refractivity contribution in [3.8, 4) is 0 Å². The molecule has 1 aromatic rings. The summed E-state index contributed by atoms with van der Waals surface area (Å²) in [7, 11) is 1.92. The standard InChI is InChI=1S/C14H24N4/c1-6-12-16-13(15-5)11(4)14(17-12)18-7-9(2)10(3)8-18/h9-10H,6-8H2,1-5H3,(H,15,16,17). The normalized spacial score (nSPS) is 23.5. The zero-order chi connectivity index (χ0) is 13.3. The fourth-order valence-electron chi connectivity index (χ4n) is 2.56. The predicted octanol–water partition coefficient (Wildman–Crippen LogP) is 2.48. The maximum absolute atomic E-state index is 4.73. The monoisotopic (exact) mass is 248 g/mol. The Labute approximate surface area is 110 Å². The molecule has 1 N–H and O–H groups in total. The second kappa shape index (κ2) is 5.12. The maximum atomic E-state index is 4.73. The van der Waals surface area contributed by atoms with Gasteiger partial charge in [-0.15, -0.1) is 0 Å². The van der Waals surface area contributed by atoms with Crippen molar-refractivity contribution in [2.45, 2.75) is 34.1 Å². The molecule has 2 rings (SSSR count). The molecule has 1 aromatic heterocycles. The number of hydrogen-bond donors (Lipinski definition) is 1. The van der Waals surface area contributed by atoms with Gasteiger partial charge < -0.3 is 10.2 Å². The molecule has 100 valence electrons. The molecule has 1 fully saturated rings. The van der Waals surface area contributed by atoms with Gasteiger partial charge in [-0.1, -0.05) is 20.8 Å². The SMILES string of the molecule is CCc1nc(NC)c(C)c(N2CC(C)C(C)C2)n1. The average molecular weight is 248 g/mol. The maximum Gasteiger partial charge on any atom is 0.137 e. The van der Waals surface area contributed by atoms with E-state index in [2.05, 4.69) is 42.9 Å². The fourth-order valence-corrected chi connectivity index (χ4v) is 2.56. The van der Waals surface area contributed by atoms with Crippen LogP contribution in [0.25, 0.3) is 0 Å². The van der Waals surface area contributed by atoms with E-state index >= 15 is 0 Å². The third-order valence-electron chi connectivity index (χ3n) is 4.01. The molecule has 0 bridgehead atoms. The summed E-state index contributed by atoms with van der Waals surface area (Å²) in [5.74, 6) is 4.48. The summed E-state index contributed by atoms with van der Waals surface area (Å²) in [6, 6.07) is 0. The Kier molecular flexibility index (Phi) is 3.73. The van der Waals surface area contributed by atoms with Gasteiger partial charge in [0.2, 0.25) is 0 Å². The minimum absolute atomic E-state index is 0.738. The molecule has 0 radical (unpaired) electrons. The summed E-state index contributed by atoms with van der Waals surface area (Å²) in [6.45, 7) is 11.1. The van der Waals surface area contributed by atoms with E-state index in [9.17, 15) is 0 Å². The quantitative estimate of drug-likeness (QED) is 0.892. The molecule has 1 aliphatic heterocycles. The summed E-state index contributed by atoms with van der Waals surface area (Å²) in [6.07, 6.45) is 0.876. The van der Waals surface area contributed by atoms with Crippen LogP contribution < -0.4 is 10.2 Å². The highest BCUT2D eigenvalue weighted by atomic mass is 15.2. The van der Waals surface area contributed by atoms with E-state index in [0.29, 0.717) is 0 Å². The highest BCUT2D eigenvalue weighted by molar-refractivity contribution is 5.59. The molecule has 4 heteroatoms. The zero-order valence-corrected chi connectivity index (χ0v) is 12.1. The molecule has 0 spiro atoms.